The Morgan fingerprint density at radius 3 is 2.72 bits per heavy atom. The fraction of sp³-hybridized carbons (Fsp3) is 0.500. The smallest absolute Gasteiger partial charge is 0.101 e. The van der Waals surface area contributed by atoms with Crippen molar-refractivity contribution in [3.05, 3.63) is 28.8 Å². The summed E-state index contributed by atoms with van der Waals surface area (Å²) in [6, 6.07) is 7.80. The Kier molecular flexibility index (Phi) is 4.46. The van der Waals surface area contributed by atoms with Gasteiger partial charge in [-0.3, -0.25) is 0 Å². The van der Waals surface area contributed by atoms with Crippen molar-refractivity contribution in [2.24, 2.45) is 11.7 Å². The van der Waals surface area contributed by atoms with E-state index < -0.39 is 0 Å². The molecule has 96 valence electrons. The normalized spacial score (nSPS) is 17.4. The molecule has 1 atom stereocenters. The van der Waals surface area contributed by atoms with Gasteiger partial charge in [-0.15, -0.1) is 0 Å². The highest BCUT2D eigenvalue weighted by Gasteiger charge is 2.23. The summed E-state index contributed by atoms with van der Waals surface area (Å²) in [4.78, 5) is 0. The lowest BCUT2D eigenvalue weighted by molar-refractivity contribution is 0.462. The van der Waals surface area contributed by atoms with E-state index in [1.54, 1.807) is 12.1 Å². The first-order valence-corrected chi connectivity index (χ1v) is 6.78. The Labute approximate surface area is 113 Å². The molecule has 3 N–H and O–H groups in total. The second-order valence-electron chi connectivity index (χ2n) is 4.84. The maximum Gasteiger partial charge on any atom is 0.101 e. The van der Waals surface area contributed by atoms with E-state index in [2.05, 4.69) is 11.4 Å². The van der Waals surface area contributed by atoms with E-state index in [0.717, 1.165) is 5.69 Å². The van der Waals surface area contributed by atoms with Crippen LogP contribution in [0.2, 0.25) is 5.02 Å². The largest absolute Gasteiger partial charge is 0.381 e. The number of nitriles is 1. The van der Waals surface area contributed by atoms with Crippen LogP contribution in [0.1, 0.15) is 31.2 Å². The van der Waals surface area contributed by atoms with E-state index in [0.29, 0.717) is 29.1 Å². The van der Waals surface area contributed by atoms with Gasteiger partial charge in [-0.25, -0.2) is 0 Å². The summed E-state index contributed by atoms with van der Waals surface area (Å²) >= 11 is 6.02. The SMILES string of the molecule is N#Cc1ccc(NC(CN)C2CCCC2)cc1Cl. The number of nitrogens with zero attached hydrogens (tertiary/aromatic N) is 1. The molecule has 1 saturated carbocycles. The third-order valence-corrected chi connectivity index (χ3v) is 3.98. The molecular formula is C14H18ClN3. The number of rotatable bonds is 4. The van der Waals surface area contributed by atoms with Crippen LogP contribution >= 0.6 is 11.6 Å². The predicted molar refractivity (Wildman–Crippen MR) is 74.6 cm³/mol. The minimum Gasteiger partial charge on any atom is -0.381 e. The zero-order valence-corrected chi connectivity index (χ0v) is 11.1. The summed E-state index contributed by atoms with van der Waals surface area (Å²) in [5.74, 6) is 0.657. The van der Waals surface area contributed by atoms with Crippen molar-refractivity contribution in [1.29, 1.82) is 5.26 Å². The number of benzene rings is 1. The Balaban J connectivity index is 2.07. The third-order valence-electron chi connectivity index (χ3n) is 3.66. The van der Waals surface area contributed by atoms with Crippen molar-refractivity contribution in [1.82, 2.24) is 0 Å². The average molecular weight is 264 g/mol. The van der Waals surface area contributed by atoms with Crippen LogP contribution in [-0.2, 0) is 0 Å². The highest BCUT2D eigenvalue weighted by Crippen LogP contribution is 2.30. The number of halogens is 1. The van der Waals surface area contributed by atoms with Crippen molar-refractivity contribution in [3.63, 3.8) is 0 Å². The van der Waals surface area contributed by atoms with Crippen LogP contribution in [0.4, 0.5) is 5.69 Å². The molecule has 0 aliphatic heterocycles. The van der Waals surface area contributed by atoms with Gasteiger partial charge in [0.25, 0.3) is 0 Å². The molecule has 1 aliphatic rings. The van der Waals surface area contributed by atoms with Crippen LogP contribution in [0.3, 0.4) is 0 Å². The lowest BCUT2D eigenvalue weighted by Crippen LogP contribution is -2.35. The fourth-order valence-corrected chi connectivity index (χ4v) is 2.86. The molecule has 1 fully saturated rings. The molecule has 1 aromatic carbocycles. The van der Waals surface area contributed by atoms with Gasteiger partial charge in [0.2, 0.25) is 0 Å². The molecule has 0 radical (unpaired) electrons. The van der Waals surface area contributed by atoms with Crippen molar-refractivity contribution in [2.75, 3.05) is 11.9 Å². The molecule has 1 unspecified atom stereocenters. The molecule has 0 heterocycles. The molecule has 2 rings (SSSR count). The van der Waals surface area contributed by atoms with Gasteiger partial charge >= 0.3 is 0 Å². The number of nitrogens with two attached hydrogens (primary N) is 1. The maximum absolute atomic E-state index is 8.84. The van der Waals surface area contributed by atoms with Gasteiger partial charge in [0, 0.05) is 18.3 Å². The van der Waals surface area contributed by atoms with E-state index in [1.807, 2.05) is 6.07 Å². The first kappa shape index (κ1) is 13.2. The van der Waals surface area contributed by atoms with Crippen LogP contribution < -0.4 is 11.1 Å². The van der Waals surface area contributed by atoms with Crippen LogP contribution in [0.15, 0.2) is 18.2 Å². The van der Waals surface area contributed by atoms with Crippen molar-refractivity contribution in [3.8, 4) is 6.07 Å². The Morgan fingerprint density at radius 1 is 1.44 bits per heavy atom. The summed E-state index contributed by atoms with van der Waals surface area (Å²) in [5, 5.41) is 12.8. The summed E-state index contributed by atoms with van der Waals surface area (Å²) in [6.45, 7) is 0.627. The van der Waals surface area contributed by atoms with Crippen molar-refractivity contribution < 1.29 is 0 Å². The van der Waals surface area contributed by atoms with Crippen molar-refractivity contribution in [2.45, 2.75) is 31.7 Å². The molecule has 1 aliphatic carbocycles. The summed E-state index contributed by atoms with van der Waals surface area (Å²) in [6.07, 6.45) is 5.10. The van der Waals surface area contributed by atoms with Gasteiger partial charge < -0.3 is 11.1 Å². The van der Waals surface area contributed by atoms with Crippen LogP contribution in [-0.4, -0.2) is 12.6 Å². The average Bonchev–Trinajstić information content (AvgIpc) is 2.90. The maximum atomic E-state index is 8.84. The molecular weight excluding hydrogens is 246 g/mol. The van der Waals surface area contributed by atoms with E-state index in [-0.39, 0.29) is 0 Å². The lowest BCUT2D eigenvalue weighted by Gasteiger charge is -2.24. The predicted octanol–water partition coefficient (Wildman–Crippen LogP) is 3.14. The molecule has 3 nitrogen and oxygen atoms in total. The quantitative estimate of drug-likeness (QED) is 0.877. The first-order chi connectivity index (χ1) is 8.74. The number of hydrogen-bond donors (Lipinski definition) is 2. The topological polar surface area (TPSA) is 61.8 Å². The van der Waals surface area contributed by atoms with E-state index in [1.165, 1.54) is 25.7 Å². The number of anilines is 1. The summed E-state index contributed by atoms with van der Waals surface area (Å²) in [7, 11) is 0. The first-order valence-electron chi connectivity index (χ1n) is 6.41. The zero-order chi connectivity index (χ0) is 13.0. The van der Waals surface area contributed by atoms with Crippen LogP contribution in [0.5, 0.6) is 0 Å². The highest BCUT2D eigenvalue weighted by atomic mass is 35.5. The van der Waals surface area contributed by atoms with E-state index >= 15 is 0 Å². The molecule has 1 aromatic rings. The number of nitrogens with one attached hydrogen (secondary N) is 1. The lowest BCUT2D eigenvalue weighted by atomic mass is 9.98. The van der Waals surface area contributed by atoms with Crippen LogP contribution in [0.25, 0.3) is 0 Å². The molecule has 0 aromatic heterocycles. The Hall–Kier alpha value is -1.24. The second-order valence-corrected chi connectivity index (χ2v) is 5.24. The molecule has 4 heteroatoms. The molecule has 0 bridgehead atoms. The molecule has 0 amide bonds. The molecule has 0 saturated heterocycles. The van der Waals surface area contributed by atoms with Gasteiger partial charge in [0.05, 0.1) is 10.6 Å². The number of hydrogen-bond acceptors (Lipinski definition) is 3. The highest BCUT2D eigenvalue weighted by molar-refractivity contribution is 6.32. The second kappa shape index (κ2) is 6.08. The standard InChI is InChI=1S/C14H18ClN3/c15-13-7-12(6-5-11(13)8-16)18-14(9-17)10-3-1-2-4-10/h5-7,10,14,18H,1-4,9,17H2. The molecule has 18 heavy (non-hydrogen) atoms. The van der Waals surface area contributed by atoms with Gasteiger partial charge in [-0.05, 0) is 37.0 Å². The molecule has 0 spiro atoms. The van der Waals surface area contributed by atoms with E-state index in [9.17, 15) is 0 Å². The van der Waals surface area contributed by atoms with Gasteiger partial charge in [0.15, 0.2) is 0 Å². The van der Waals surface area contributed by atoms with Crippen LogP contribution in [0, 0.1) is 17.2 Å². The Bertz CT molecular complexity index is 447. The van der Waals surface area contributed by atoms with Gasteiger partial charge in [-0.2, -0.15) is 5.26 Å². The van der Waals surface area contributed by atoms with Crippen molar-refractivity contribution >= 4 is 17.3 Å². The van der Waals surface area contributed by atoms with Gasteiger partial charge in [-0.1, -0.05) is 24.4 Å². The Morgan fingerprint density at radius 2 is 2.17 bits per heavy atom. The summed E-state index contributed by atoms with van der Waals surface area (Å²) in [5.41, 5.74) is 7.30. The van der Waals surface area contributed by atoms with E-state index in [4.69, 9.17) is 22.6 Å². The zero-order valence-electron chi connectivity index (χ0n) is 10.3. The fourth-order valence-electron chi connectivity index (χ4n) is 2.64. The minimum atomic E-state index is 0.302. The third kappa shape index (κ3) is 2.95. The van der Waals surface area contributed by atoms with Gasteiger partial charge in [0.1, 0.15) is 6.07 Å². The summed E-state index contributed by atoms with van der Waals surface area (Å²) < 4.78 is 0. The minimum absolute atomic E-state index is 0.302. The monoisotopic (exact) mass is 263 g/mol.